The Bertz CT molecular complexity index is 523. The Hall–Kier alpha value is -1.90. The summed E-state index contributed by atoms with van der Waals surface area (Å²) in [6, 6.07) is 10.1. The van der Waals surface area contributed by atoms with E-state index in [2.05, 4.69) is 11.9 Å². The fraction of sp³-hybridized carbons (Fsp3) is 0.545. The van der Waals surface area contributed by atoms with Crippen LogP contribution in [0.1, 0.15) is 5.56 Å². The average Bonchev–Trinajstić information content (AvgIpc) is 2.75. The molecule has 7 heteroatoms. The first-order valence-corrected chi connectivity index (χ1v) is 9.92. The Balaban J connectivity index is 1.74. The van der Waals surface area contributed by atoms with Gasteiger partial charge in [-0.1, -0.05) is 43.0 Å². The molecule has 1 rings (SSSR count). The van der Waals surface area contributed by atoms with Gasteiger partial charge in [-0.25, -0.2) is 0 Å². The molecule has 0 heterocycles. The Morgan fingerprint density at radius 2 is 1.24 bits per heavy atom. The summed E-state index contributed by atoms with van der Waals surface area (Å²) in [5.41, 5.74) is 1.16. The number of benzene rings is 1. The normalized spacial score (nSPS) is 11.4. The molecule has 0 aliphatic rings. The molecule has 164 valence electrons. The van der Waals surface area contributed by atoms with Crippen LogP contribution in [0.4, 0.5) is 0 Å². The van der Waals surface area contributed by atoms with E-state index >= 15 is 0 Å². The van der Waals surface area contributed by atoms with E-state index in [1.54, 1.807) is 19.2 Å². The molecule has 29 heavy (non-hydrogen) atoms. The van der Waals surface area contributed by atoms with Crippen LogP contribution in [-0.2, 0) is 35.0 Å². The van der Waals surface area contributed by atoms with Gasteiger partial charge >= 0.3 is 0 Å². The molecule has 1 aromatic rings. The van der Waals surface area contributed by atoms with Gasteiger partial charge in [-0.15, -0.1) is 0 Å². The van der Waals surface area contributed by atoms with Crippen molar-refractivity contribution in [2.45, 2.75) is 6.61 Å². The summed E-state index contributed by atoms with van der Waals surface area (Å²) in [5.74, 6) is 0.667. The summed E-state index contributed by atoms with van der Waals surface area (Å²) < 4.78 is 32.7. The lowest BCUT2D eigenvalue weighted by atomic mass is 10.2. The van der Waals surface area contributed by atoms with E-state index in [9.17, 15) is 0 Å². The molecule has 7 nitrogen and oxygen atoms in total. The second kappa shape index (κ2) is 19.4. The summed E-state index contributed by atoms with van der Waals surface area (Å²) in [6.45, 7) is 9.55. The maximum atomic E-state index is 5.54. The van der Waals surface area contributed by atoms with Gasteiger partial charge in [0.2, 0.25) is 0 Å². The lowest BCUT2D eigenvalue weighted by molar-refractivity contribution is -0.0156. The third kappa shape index (κ3) is 15.7. The van der Waals surface area contributed by atoms with Gasteiger partial charge in [-0.05, 0) is 11.6 Å². The Morgan fingerprint density at radius 3 is 1.72 bits per heavy atom. The van der Waals surface area contributed by atoms with Crippen molar-refractivity contribution >= 4 is 0 Å². The molecule has 0 amide bonds. The highest BCUT2D eigenvalue weighted by molar-refractivity contribution is 5.13. The minimum absolute atomic E-state index is 0.473. The molecule has 0 spiro atoms. The van der Waals surface area contributed by atoms with E-state index in [4.69, 9.17) is 28.4 Å². The fourth-order valence-corrected chi connectivity index (χ4v) is 2.17. The van der Waals surface area contributed by atoms with Crippen molar-refractivity contribution in [3.63, 3.8) is 0 Å². The maximum absolute atomic E-state index is 5.54. The van der Waals surface area contributed by atoms with Crippen molar-refractivity contribution in [1.82, 2.24) is 5.32 Å². The van der Waals surface area contributed by atoms with Crippen LogP contribution in [0.15, 0.2) is 54.9 Å². The predicted octanol–water partition coefficient (Wildman–Crippen LogP) is 2.53. The molecule has 0 saturated carbocycles. The van der Waals surface area contributed by atoms with E-state index in [0.717, 1.165) is 5.56 Å². The van der Waals surface area contributed by atoms with Gasteiger partial charge in [0.1, 0.15) is 6.61 Å². The van der Waals surface area contributed by atoms with Crippen molar-refractivity contribution < 1.29 is 28.4 Å². The van der Waals surface area contributed by atoms with Gasteiger partial charge in [0.25, 0.3) is 0 Å². The van der Waals surface area contributed by atoms with Crippen LogP contribution >= 0.6 is 0 Å². The summed E-state index contributed by atoms with van der Waals surface area (Å²) in [4.78, 5) is 0. The largest absolute Gasteiger partial charge is 0.477 e. The number of rotatable bonds is 20. The third-order valence-corrected chi connectivity index (χ3v) is 3.60. The second-order valence-electron chi connectivity index (χ2n) is 5.85. The SMILES string of the molecule is C=C/C=C(\NC)OCCOCCOCCOCCOCCOCc1ccccc1. The maximum Gasteiger partial charge on any atom is 0.186 e. The first-order chi connectivity index (χ1) is 14.4. The highest BCUT2D eigenvalue weighted by Gasteiger charge is 1.96. The molecule has 0 aliphatic carbocycles. The van der Waals surface area contributed by atoms with Crippen LogP contribution in [0.3, 0.4) is 0 Å². The molecule has 0 bridgehead atoms. The smallest absolute Gasteiger partial charge is 0.186 e. The zero-order valence-electron chi connectivity index (χ0n) is 17.5. The fourth-order valence-electron chi connectivity index (χ4n) is 2.17. The van der Waals surface area contributed by atoms with Gasteiger partial charge in [0.15, 0.2) is 5.88 Å². The van der Waals surface area contributed by atoms with Crippen molar-refractivity contribution in [3.05, 3.63) is 60.5 Å². The highest BCUT2D eigenvalue weighted by Crippen LogP contribution is 2.00. The zero-order valence-corrected chi connectivity index (χ0v) is 17.5. The van der Waals surface area contributed by atoms with Crippen LogP contribution in [0, 0.1) is 0 Å². The number of nitrogens with one attached hydrogen (secondary N) is 1. The summed E-state index contributed by atoms with van der Waals surface area (Å²) in [7, 11) is 1.79. The molecule has 0 aromatic heterocycles. The molecule has 0 unspecified atom stereocenters. The predicted molar refractivity (Wildman–Crippen MR) is 113 cm³/mol. The van der Waals surface area contributed by atoms with Gasteiger partial charge in [-0.3, -0.25) is 0 Å². The monoisotopic (exact) mass is 409 g/mol. The summed E-state index contributed by atoms with van der Waals surface area (Å²) in [5, 5.41) is 2.92. The Labute approximate surface area is 174 Å². The molecule has 0 aliphatic heterocycles. The lowest BCUT2D eigenvalue weighted by Gasteiger charge is -2.10. The number of allylic oxidation sites excluding steroid dienone is 2. The van der Waals surface area contributed by atoms with E-state index in [0.29, 0.717) is 78.6 Å². The molecule has 0 radical (unpaired) electrons. The first kappa shape index (κ1) is 25.1. The molecule has 0 atom stereocenters. The first-order valence-electron chi connectivity index (χ1n) is 9.92. The lowest BCUT2D eigenvalue weighted by Crippen LogP contribution is -2.15. The van der Waals surface area contributed by atoms with Gasteiger partial charge in [-0.2, -0.15) is 0 Å². The van der Waals surface area contributed by atoms with Crippen LogP contribution in [0.25, 0.3) is 0 Å². The number of ether oxygens (including phenoxy) is 6. The summed E-state index contributed by atoms with van der Waals surface area (Å²) in [6.07, 6.45) is 3.42. The number of hydrogen-bond acceptors (Lipinski definition) is 7. The third-order valence-electron chi connectivity index (χ3n) is 3.60. The van der Waals surface area contributed by atoms with E-state index < -0.39 is 0 Å². The van der Waals surface area contributed by atoms with Crippen molar-refractivity contribution in [1.29, 1.82) is 0 Å². The Morgan fingerprint density at radius 1 is 0.759 bits per heavy atom. The van der Waals surface area contributed by atoms with Crippen molar-refractivity contribution in [2.75, 3.05) is 73.1 Å². The van der Waals surface area contributed by atoms with Crippen LogP contribution < -0.4 is 5.32 Å². The molecule has 0 saturated heterocycles. The van der Waals surface area contributed by atoms with E-state index in [-0.39, 0.29) is 0 Å². The molecule has 1 aromatic carbocycles. The molecular weight excluding hydrogens is 374 g/mol. The molecular formula is C22H35NO6. The average molecular weight is 410 g/mol. The zero-order chi connectivity index (χ0) is 20.8. The molecule has 1 N–H and O–H groups in total. The van der Waals surface area contributed by atoms with Crippen LogP contribution in [0.2, 0.25) is 0 Å². The minimum atomic E-state index is 0.473. The van der Waals surface area contributed by atoms with Crippen LogP contribution in [0.5, 0.6) is 0 Å². The van der Waals surface area contributed by atoms with Crippen LogP contribution in [-0.4, -0.2) is 73.1 Å². The Kier molecular flexibility index (Phi) is 16.8. The topological polar surface area (TPSA) is 67.4 Å². The van der Waals surface area contributed by atoms with E-state index in [1.165, 1.54) is 0 Å². The van der Waals surface area contributed by atoms with E-state index in [1.807, 2.05) is 30.3 Å². The van der Waals surface area contributed by atoms with Gasteiger partial charge < -0.3 is 33.7 Å². The second-order valence-corrected chi connectivity index (χ2v) is 5.85. The van der Waals surface area contributed by atoms with Gasteiger partial charge in [0.05, 0.1) is 66.1 Å². The van der Waals surface area contributed by atoms with Crippen molar-refractivity contribution in [2.24, 2.45) is 0 Å². The summed E-state index contributed by atoms with van der Waals surface area (Å²) >= 11 is 0. The molecule has 0 fully saturated rings. The number of hydrogen-bond donors (Lipinski definition) is 1. The highest BCUT2D eigenvalue weighted by atomic mass is 16.6. The quantitative estimate of drug-likeness (QED) is 0.202. The standard InChI is InChI=1S/C22H35NO6/c1-3-7-22(23-2)29-19-18-27-15-14-25-11-10-24-12-13-26-16-17-28-20-21-8-5-4-6-9-21/h3-9,23H,1,10-20H2,2H3/b22-7+. The van der Waals surface area contributed by atoms with Crippen molar-refractivity contribution in [3.8, 4) is 0 Å². The minimum Gasteiger partial charge on any atom is -0.477 e. The van der Waals surface area contributed by atoms with Gasteiger partial charge in [0, 0.05) is 7.05 Å².